The Morgan fingerprint density at radius 3 is 2.93 bits per heavy atom. The summed E-state index contributed by atoms with van der Waals surface area (Å²) in [5, 5.41) is 11.9. The van der Waals surface area contributed by atoms with E-state index in [1.807, 2.05) is 19.1 Å². The topological polar surface area (TPSA) is 35.8 Å². The van der Waals surface area contributed by atoms with Gasteiger partial charge in [0, 0.05) is 11.4 Å². The third kappa shape index (κ3) is 3.67. The van der Waals surface area contributed by atoms with Crippen molar-refractivity contribution in [2.75, 3.05) is 6.54 Å². The summed E-state index contributed by atoms with van der Waals surface area (Å²) in [6.07, 6.45) is 1.79. The van der Waals surface area contributed by atoms with Crippen molar-refractivity contribution in [1.29, 1.82) is 5.26 Å². The Hall–Kier alpha value is -0.560. The van der Waals surface area contributed by atoms with Gasteiger partial charge in [-0.05, 0) is 25.0 Å². The van der Waals surface area contributed by atoms with Gasteiger partial charge in [0.15, 0.2) is 0 Å². The molecule has 14 heavy (non-hydrogen) atoms. The molecular weight excluding hydrogens is 216 g/mol. The lowest BCUT2D eigenvalue weighted by atomic mass is 10.2. The average molecular weight is 229 g/mol. The number of nitriles is 1. The Morgan fingerprint density at radius 2 is 2.43 bits per heavy atom. The van der Waals surface area contributed by atoms with Gasteiger partial charge in [-0.2, -0.15) is 5.26 Å². The van der Waals surface area contributed by atoms with Crippen LogP contribution in [-0.2, 0) is 6.42 Å². The van der Waals surface area contributed by atoms with E-state index in [1.54, 1.807) is 11.3 Å². The van der Waals surface area contributed by atoms with Crippen LogP contribution in [-0.4, -0.2) is 12.6 Å². The van der Waals surface area contributed by atoms with Crippen molar-refractivity contribution in [3.05, 3.63) is 21.3 Å². The number of thiophene rings is 1. The molecule has 1 N–H and O–H groups in total. The Morgan fingerprint density at radius 1 is 1.64 bits per heavy atom. The molecule has 1 heterocycles. The quantitative estimate of drug-likeness (QED) is 0.841. The van der Waals surface area contributed by atoms with Gasteiger partial charge in [0.05, 0.1) is 16.4 Å². The molecule has 2 nitrogen and oxygen atoms in total. The van der Waals surface area contributed by atoms with E-state index >= 15 is 0 Å². The van der Waals surface area contributed by atoms with Gasteiger partial charge in [-0.3, -0.25) is 0 Å². The maximum absolute atomic E-state index is 8.70. The monoisotopic (exact) mass is 228 g/mol. The molecule has 1 aromatic rings. The molecule has 1 rings (SSSR count). The molecule has 4 heteroatoms. The molecule has 0 radical (unpaired) electrons. The van der Waals surface area contributed by atoms with Gasteiger partial charge in [0.1, 0.15) is 0 Å². The van der Waals surface area contributed by atoms with Crippen molar-refractivity contribution in [2.45, 2.75) is 25.8 Å². The zero-order valence-electron chi connectivity index (χ0n) is 8.09. The fourth-order valence-corrected chi connectivity index (χ4v) is 2.22. The first-order valence-corrected chi connectivity index (χ1v) is 5.83. The van der Waals surface area contributed by atoms with Crippen molar-refractivity contribution < 1.29 is 0 Å². The molecular formula is C10H13ClN2S. The number of nitrogens with zero attached hydrogens (tertiary/aromatic N) is 1. The molecule has 0 amide bonds. The Kier molecular flexibility index (Phi) is 4.95. The van der Waals surface area contributed by atoms with Crippen LogP contribution >= 0.6 is 22.9 Å². The van der Waals surface area contributed by atoms with Crippen LogP contribution in [0.5, 0.6) is 0 Å². The lowest BCUT2D eigenvalue weighted by molar-refractivity contribution is 0.590. The minimum atomic E-state index is -0.0227. The van der Waals surface area contributed by atoms with E-state index < -0.39 is 0 Å². The summed E-state index contributed by atoms with van der Waals surface area (Å²) in [5.74, 6) is 0. The van der Waals surface area contributed by atoms with Crippen LogP contribution in [0.4, 0.5) is 0 Å². The molecule has 0 aliphatic carbocycles. The van der Waals surface area contributed by atoms with Crippen LogP contribution in [0.15, 0.2) is 12.1 Å². The molecule has 0 saturated carbocycles. The molecule has 0 spiro atoms. The first-order valence-electron chi connectivity index (χ1n) is 4.63. The highest BCUT2D eigenvalue weighted by molar-refractivity contribution is 7.16. The fraction of sp³-hybridized carbons (Fsp3) is 0.500. The summed E-state index contributed by atoms with van der Waals surface area (Å²) < 4.78 is 0.826. The molecule has 0 fully saturated rings. The number of rotatable bonds is 5. The molecule has 76 valence electrons. The summed E-state index contributed by atoms with van der Waals surface area (Å²) in [5.41, 5.74) is 0. The second kappa shape index (κ2) is 6.02. The highest BCUT2D eigenvalue weighted by Crippen LogP contribution is 2.21. The number of hydrogen-bond donors (Lipinski definition) is 1. The number of nitrogens with one attached hydrogen (secondary N) is 1. The van der Waals surface area contributed by atoms with Crippen LogP contribution in [0.2, 0.25) is 4.34 Å². The van der Waals surface area contributed by atoms with Crippen LogP contribution in [0.3, 0.4) is 0 Å². The molecule has 0 aliphatic heterocycles. The van der Waals surface area contributed by atoms with Crippen molar-refractivity contribution in [3.63, 3.8) is 0 Å². The minimum Gasteiger partial charge on any atom is -0.302 e. The highest BCUT2D eigenvalue weighted by Gasteiger charge is 2.03. The van der Waals surface area contributed by atoms with E-state index in [9.17, 15) is 0 Å². The van der Waals surface area contributed by atoms with Crippen molar-refractivity contribution in [1.82, 2.24) is 5.32 Å². The minimum absolute atomic E-state index is 0.0227. The Balaban J connectivity index is 2.25. The lowest BCUT2D eigenvalue weighted by Gasteiger charge is -2.07. The molecule has 0 bridgehead atoms. The number of halogens is 1. The van der Waals surface area contributed by atoms with Crippen LogP contribution < -0.4 is 5.32 Å². The van der Waals surface area contributed by atoms with Gasteiger partial charge in [0.25, 0.3) is 0 Å². The van der Waals surface area contributed by atoms with Crippen LogP contribution in [0.1, 0.15) is 18.2 Å². The zero-order chi connectivity index (χ0) is 10.4. The average Bonchev–Trinajstić information content (AvgIpc) is 2.59. The summed E-state index contributed by atoms with van der Waals surface area (Å²) in [6, 6.07) is 6.12. The van der Waals surface area contributed by atoms with Crippen molar-refractivity contribution in [3.8, 4) is 6.07 Å². The van der Waals surface area contributed by atoms with E-state index in [2.05, 4.69) is 11.4 Å². The lowest BCUT2D eigenvalue weighted by Crippen LogP contribution is -2.28. The first kappa shape index (κ1) is 11.5. The van der Waals surface area contributed by atoms with E-state index in [-0.39, 0.29) is 6.04 Å². The Labute approximate surface area is 93.5 Å². The smallest absolute Gasteiger partial charge is 0.0950 e. The van der Waals surface area contributed by atoms with E-state index in [0.717, 1.165) is 23.7 Å². The maximum atomic E-state index is 8.70. The third-order valence-corrected chi connectivity index (χ3v) is 3.25. The van der Waals surface area contributed by atoms with Gasteiger partial charge in [-0.25, -0.2) is 0 Å². The number of hydrogen-bond acceptors (Lipinski definition) is 3. The SMILES string of the molecule is CCC(C#N)NCCc1ccc(Cl)s1. The summed E-state index contributed by atoms with van der Waals surface area (Å²) in [4.78, 5) is 1.26. The molecule has 0 aromatic carbocycles. The molecule has 1 atom stereocenters. The molecule has 1 aromatic heterocycles. The highest BCUT2D eigenvalue weighted by atomic mass is 35.5. The maximum Gasteiger partial charge on any atom is 0.0950 e. The van der Waals surface area contributed by atoms with Gasteiger partial charge in [-0.1, -0.05) is 18.5 Å². The van der Waals surface area contributed by atoms with E-state index in [4.69, 9.17) is 16.9 Å². The van der Waals surface area contributed by atoms with Gasteiger partial charge in [0.2, 0.25) is 0 Å². The van der Waals surface area contributed by atoms with Crippen LogP contribution in [0.25, 0.3) is 0 Å². The predicted molar refractivity (Wildman–Crippen MR) is 60.7 cm³/mol. The van der Waals surface area contributed by atoms with Gasteiger partial charge in [-0.15, -0.1) is 11.3 Å². The molecule has 0 saturated heterocycles. The fourth-order valence-electron chi connectivity index (χ4n) is 1.14. The summed E-state index contributed by atoms with van der Waals surface area (Å²) >= 11 is 7.40. The van der Waals surface area contributed by atoms with E-state index in [1.165, 1.54) is 4.88 Å². The van der Waals surface area contributed by atoms with Crippen molar-refractivity contribution >= 4 is 22.9 Å². The standard InChI is InChI=1S/C10H13ClN2S/c1-2-8(7-12)13-6-5-9-3-4-10(11)14-9/h3-4,8,13H,2,5-6H2,1H3. The second-order valence-corrected chi connectivity index (χ2v) is 4.80. The normalized spacial score (nSPS) is 12.4. The zero-order valence-corrected chi connectivity index (χ0v) is 9.66. The predicted octanol–water partition coefficient (Wildman–Crippen LogP) is 2.84. The van der Waals surface area contributed by atoms with Gasteiger partial charge >= 0.3 is 0 Å². The van der Waals surface area contributed by atoms with Crippen LogP contribution in [0, 0.1) is 11.3 Å². The van der Waals surface area contributed by atoms with Crippen molar-refractivity contribution in [2.24, 2.45) is 0 Å². The largest absolute Gasteiger partial charge is 0.302 e. The summed E-state index contributed by atoms with van der Waals surface area (Å²) in [6.45, 7) is 2.84. The summed E-state index contributed by atoms with van der Waals surface area (Å²) in [7, 11) is 0. The Bertz CT molecular complexity index is 316. The van der Waals surface area contributed by atoms with Gasteiger partial charge < -0.3 is 5.32 Å². The molecule has 0 aliphatic rings. The first-order chi connectivity index (χ1) is 6.76. The second-order valence-electron chi connectivity index (χ2n) is 3.00. The third-order valence-electron chi connectivity index (χ3n) is 1.96. The molecule has 1 unspecified atom stereocenters. The van der Waals surface area contributed by atoms with E-state index in [0.29, 0.717) is 0 Å².